The summed E-state index contributed by atoms with van der Waals surface area (Å²) in [5, 5.41) is 0.487. The van der Waals surface area contributed by atoms with Gasteiger partial charge in [0.1, 0.15) is 0 Å². The third-order valence-electron chi connectivity index (χ3n) is 3.42. The van der Waals surface area contributed by atoms with Crippen molar-refractivity contribution in [3.05, 3.63) is 12.7 Å². The van der Waals surface area contributed by atoms with Gasteiger partial charge >= 0.3 is 0 Å². The molecule has 0 fully saturated rings. The van der Waals surface area contributed by atoms with E-state index in [4.69, 9.17) is 0 Å². The zero-order chi connectivity index (χ0) is 9.28. The van der Waals surface area contributed by atoms with Crippen LogP contribution in [0.1, 0.15) is 27.7 Å². The maximum absolute atomic E-state index is 3.88. The van der Waals surface area contributed by atoms with Crippen molar-refractivity contribution >= 4 is 8.07 Å². The lowest BCUT2D eigenvalue weighted by molar-refractivity contribution is 0.704. The highest BCUT2D eigenvalue weighted by Gasteiger charge is 2.38. The molecule has 0 radical (unpaired) electrons. The van der Waals surface area contributed by atoms with E-state index < -0.39 is 8.07 Å². The van der Waals surface area contributed by atoms with Gasteiger partial charge in [0.2, 0.25) is 0 Å². The van der Waals surface area contributed by atoms with E-state index in [2.05, 4.69) is 53.4 Å². The zero-order valence-corrected chi connectivity index (χ0v) is 9.86. The van der Waals surface area contributed by atoms with Gasteiger partial charge < -0.3 is 0 Å². The van der Waals surface area contributed by atoms with Gasteiger partial charge in [0, 0.05) is 0 Å². The van der Waals surface area contributed by atoms with E-state index in [0.29, 0.717) is 10.6 Å². The third kappa shape index (κ3) is 2.19. The molecule has 0 N–H and O–H groups in total. The van der Waals surface area contributed by atoms with Crippen molar-refractivity contribution in [3.8, 4) is 0 Å². The molecule has 0 aromatic carbocycles. The highest BCUT2D eigenvalue weighted by atomic mass is 28.3. The Balaban J connectivity index is 4.58. The largest absolute Gasteiger partial charge is 0.103 e. The van der Waals surface area contributed by atoms with Gasteiger partial charge in [0.25, 0.3) is 0 Å². The summed E-state index contributed by atoms with van der Waals surface area (Å²) in [5.74, 6) is 0. The van der Waals surface area contributed by atoms with E-state index in [1.807, 2.05) is 0 Å². The van der Waals surface area contributed by atoms with Crippen LogP contribution in [-0.4, -0.2) is 8.07 Å². The molecule has 0 aliphatic carbocycles. The molecule has 0 aliphatic heterocycles. The lowest BCUT2D eigenvalue weighted by Crippen LogP contribution is -2.40. The summed E-state index contributed by atoms with van der Waals surface area (Å²) in [5.41, 5.74) is 0.711. The van der Waals surface area contributed by atoms with Crippen molar-refractivity contribution in [2.24, 2.45) is 0 Å². The van der Waals surface area contributed by atoms with Crippen LogP contribution < -0.4 is 0 Å². The lowest BCUT2D eigenvalue weighted by atomic mass is 10.2. The molecule has 0 aromatic heterocycles. The van der Waals surface area contributed by atoms with Crippen molar-refractivity contribution in [1.82, 2.24) is 0 Å². The molecule has 1 heteroatoms. The van der Waals surface area contributed by atoms with E-state index in [1.165, 1.54) is 0 Å². The molecule has 0 spiro atoms. The normalized spacial score (nSPS) is 16.2. The van der Waals surface area contributed by atoms with Crippen LogP contribution in [0.15, 0.2) is 12.7 Å². The molecule has 0 aromatic rings. The Morgan fingerprint density at radius 2 is 1.64 bits per heavy atom. The van der Waals surface area contributed by atoms with Crippen LogP contribution in [0.25, 0.3) is 0 Å². The summed E-state index contributed by atoms with van der Waals surface area (Å²) in [6.07, 6.45) is 2.11. The summed E-state index contributed by atoms with van der Waals surface area (Å²) >= 11 is 0. The third-order valence-corrected chi connectivity index (χ3v) is 9.80. The summed E-state index contributed by atoms with van der Waals surface area (Å²) in [6.45, 7) is 18.1. The van der Waals surface area contributed by atoms with Gasteiger partial charge in [-0.15, -0.1) is 6.58 Å². The minimum Gasteiger partial charge on any atom is -0.103 e. The molecule has 0 amide bonds. The predicted molar refractivity (Wildman–Crippen MR) is 56.8 cm³/mol. The highest BCUT2D eigenvalue weighted by molar-refractivity contribution is 6.81. The van der Waals surface area contributed by atoms with E-state index in [0.717, 1.165) is 0 Å². The molecule has 0 aliphatic rings. The Labute approximate surface area is 72.7 Å². The second-order valence-corrected chi connectivity index (χ2v) is 10.9. The number of rotatable bonds is 2. The van der Waals surface area contributed by atoms with Gasteiger partial charge in [-0.05, 0) is 10.6 Å². The fraction of sp³-hybridized carbons (Fsp3) is 0.800. The fourth-order valence-corrected chi connectivity index (χ4v) is 2.93. The molecule has 0 bridgehead atoms. The van der Waals surface area contributed by atoms with Crippen LogP contribution in [-0.2, 0) is 0 Å². The minimum absolute atomic E-state index is 0.487. The summed E-state index contributed by atoms with van der Waals surface area (Å²) in [7, 11) is -1.13. The van der Waals surface area contributed by atoms with Crippen LogP contribution in [0.5, 0.6) is 0 Å². The van der Waals surface area contributed by atoms with Crippen molar-refractivity contribution in [2.75, 3.05) is 0 Å². The van der Waals surface area contributed by atoms with E-state index >= 15 is 0 Å². The number of hydrogen-bond acceptors (Lipinski definition) is 0. The monoisotopic (exact) mass is 170 g/mol. The number of allylic oxidation sites excluding steroid dienone is 1. The Kier molecular flexibility index (Phi) is 3.12. The van der Waals surface area contributed by atoms with Crippen LogP contribution >= 0.6 is 0 Å². The molecule has 0 saturated carbocycles. The first-order valence-corrected chi connectivity index (χ1v) is 7.43. The van der Waals surface area contributed by atoms with Crippen LogP contribution in [0.2, 0.25) is 23.7 Å². The van der Waals surface area contributed by atoms with E-state index in [1.54, 1.807) is 0 Å². The molecular weight excluding hydrogens is 148 g/mol. The molecular formula is C10H22Si. The number of hydrogen-bond donors (Lipinski definition) is 0. The lowest BCUT2D eigenvalue weighted by Gasteiger charge is -2.40. The molecule has 0 nitrogen and oxygen atoms in total. The first kappa shape index (κ1) is 11.0. The summed E-state index contributed by atoms with van der Waals surface area (Å²) in [4.78, 5) is 0. The first-order valence-electron chi connectivity index (χ1n) is 4.36. The summed E-state index contributed by atoms with van der Waals surface area (Å²) < 4.78 is 0. The van der Waals surface area contributed by atoms with Gasteiger partial charge in [0.15, 0.2) is 0 Å². The first-order chi connectivity index (χ1) is 4.73. The standard InChI is InChI=1S/C10H22Si/c1-8-9(2)11(6,7)10(3,4)5/h8-9H,1H2,2-7H3. The van der Waals surface area contributed by atoms with Crippen molar-refractivity contribution < 1.29 is 0 Å². The predicted octanol–water partition coefficient (Wildman–Crippen LogP) is 4.07. The van der Waals surface area contributed by atoms with Crippen molar-refractivity contribution in [2.45, 2.75) is 51.4 Å². The second-order valence-electron chi connectivity index (χ2n) is 5.00. The molecule has 11 heavy (non-hydrogen) atoms. The summed E-state index contributed by atoms with van der Waals surface area (Å²) in [6, 6.07) is 0. The van der Waals surface area contributed by atoms with Gasteiger partial charge in [-0.3, -0.25) is 0 Å². The maximum Gasteiger partial charge on any atom is 0.0593 e. The topological polar surface area (TPSA) is 0 Å². The van der Waals surface area contributed by atoms with Crippen LogP contribution in [0, 0.1) is 0 Å². The minimum atomic E-state index is -1.13. The van der Waals surface area contributed by atoms with Crippen LogP contribution in [0.3, 0.4) is 0 Å². The van der Waals surface area contributed by atoms with Crippen molar-refractivity contribution in [1.29, 1.82) is 0 Å². The SMILES string of the molecule is C=CC(C)[Si](C)(C)C(C)(C)C. The van der Waals surface area contributed by atoms with Crippen LogP contribution in [0.4, 0.5) is 0 Å². The van der Waals surface area contributed by atoms with Gasteiger partial charge in [-0.1, -0.05) is 46.9 Å². The zero-order valence-electron chi connectivity index (χ0n) is 8.86. The maximum atomic E-state index is 3.88. The Morgan fingerprint density at radius 3 is 1.73 bits per heavy atom. The van der Waals surface area contributed by atoms with E-state index in [-0.39, 0.29) is 0 Å². The van der Waals surface area contributed by atoms with Gasteiger partial charge in [-0.2, -0.15) is 0 Å². The van der Waals surface area contributed by atoms with E-state index in [9.17, 15) is 0 Å². The van der Waals surface area contributed by atoms with Gasteiger partial charge in [-0.25, -0.2) is 0 Å². The average molecular weight is 170 g/mol. The molecule has 66 valence electrons. The highest BCUT2D eigenvalue weighted by Crippen LogP contribution is 2.43. The quantitative estimate of drug-likeness (QED) is 0.433. The smallest absolute Gasteiger partial charge is 0.0593 e. The fourth-order valence-electron chi connectivity index (χ4n) is 0.978. The molecule has 0 rings (SSSR count). The molecule has 1 atom stereocenters. The molecule has 0 saturated heterocycles. The van der Waals surface area contributed by atoms with Gasteiger partial charge in [0.05, 0.1) is 8.07 Å². The Bertz CT molecular complexity index is 139. The molecule has 1 unspecified atom stereocenters. The Morgan fingerprint density at radius 1 is 1.27 bits per heavy atom. The Hall–Kier alpha value is -0.0431. The second kappa shape index (κ2) is 3.14. The van der Waals surface area contributed by atoms with Crippen molar-refractivity contribution in [3.63, 3.8) is 0 Å². The average Bonchev–Trinajstić information content (AvgIpc) is 1.83. The molecule has 0 heterocycles.